The molecule has 1 unspecified atom stereocenters. The lowest BCUT2D eigenvalue weighted by Crippen LogP contribution is -2.24. The number of benzene rings is 1. The number of halogens is 8. The maximum atomic E-state index is 13.3. The van der Waals surface area contributed by atoms with Gasteiger partial charge in [-0.25, -0.2) is 0 Å². The predicted octanol–water partition coefficient (Wildman–Crippen LogP) is 5.78. The molecular weight excluding hydrogens is 521 g/mol. The zero-order valence-corrected chi connectivity index (χ0v) is 18.0. The molecule has 1 atom stereocenters. The van der Waals surface area contributed by atoms with E-state index in [1.54, 1.807) is 0 Å². The molecule has 16 heteroatoms. The first kappa shape index (κ1) is 24.9. The molecule has 0 amide bonds. The Morgan fingerprint density at radius 3 is 2.24 bits per heavy atom. The molecule has 1 N–H and O–H groups in total. The normalized spacial score (nSPS) is 13.0. The lowest BCUT2D eigenvalue weighted by molar-refractivity contribution is -0.137. The summed E-state index contributed by atoms with van der Waals surface area (Å²) >= 11 is 8.21. The summed E-state index contributed by atoms with van der Waals surface area (Å²) in [5.74, 6) is -1.54. The average Bonchev–Trinajstić information content (AvgIpc) is 3.08. The summed E-state index contributed by atoms with van der Waals surface area (Å²) in [6.45, 7) is 6.89. The van der Waals surface area contributed by atoms with Crippen molar-refractivity contribution in [3.8, 4) is 5.69 Å². The van der Waals surface area contributed by atoms with Crippen LogP contribution in [0.1, 0.15) is 11.3 Å². The van der Waals surface area contributed by atoms with Gasteiger partial charge in [-0.3, -0.25) is 9.97 Å². The topological polar surface area (TPSA) is 83.0 Å². The Bertz CT molecular complexity index is 1190. The van der Waals surface area contributed by atoms with Gasteiger partial charge in [0.25, 0.3) is 0 Å². The van der Waals surface area contributed by atoms with Crippen LogP contribution in [0.4, 0.5) is 38.0 Å². The van der Waals surface area contributed by atoms with Crippen molar-refractivity contribution in [1.29, 1.82) is 0 Å². The molecule has 0 aliphatic heterocycles. The smallest absolute Gasteiger partial charge is 0.577 e. The van der Waals surface area contributed by atoms with Crippen molar-refractivity contribution in [3.63, 3.8) is 0 Å². The highest BCUT2D eigenvalue weighted by atomic mass is 35.5. The fourth-order valence-electron chi connectivity index (χ4n) is 2.60. The van der Waals surface area contributed by atoms with E-state index in [1.807, 2.05) is 0 Å². The first-order chi connectivity index (χ1) is 15.3. The lowest BCUT2D eigenvalue weighted by Gasteiger charge is -2.16. The van der Waals surface area contributed by atoms with Gasteiger partial charge in [-0.05, 0) is 17.2 Å². The van der Waals surface area contributed by atoms with Gasteiger partial charge in [0.1, 0.15) is 5.69 Å². The van der Waals surface area contributed by atoms with E-state index in [-0.39, 0.29) is 12.2 Å². The third kappa shape index (κ3) is 5.27. The Balaban J connectivity index is 2.23. The van der Waals surface area contributed by atoms with Crippen LogP contribution in [0.3, 0.4) is 0 Å². The minimum atomic E-state index is -5.27. The Morgan fingerprint density at radius 1 is 1.12 bits per heavy atom. The maximum Gasteiger partial charge on any atom is 0.577 e. The Labute approximate surface area is 194 Å². The van der Waals surface area contributed by atoms with E-state index in [2.05, 4.69) is 25.2 Å². The van der Waals surface area contributed by atoms with Crippen LogP contribution in [-0.4, -0.2) is 29.8 Å². The summed E-state index contributed by atoms with van der Waals surface area (Å²) in [6.07, 6.45) is -0.885. The number of hydrogen-bond donors (Lipinski definition) is 1. The van der Waals surface area contributed by atoms with E-state index in [9.17, 15) is 30.9 Å². The molecule has 1 aromatic carbocycles. The average molecular weight is 529 g/mol. The van der Waals surface area contributed by atoms with Crippen LogP contribution >= 0.6 is 23.2 Å². The molecule has 0 aliphatic rings. The molecule has 0 saturated carbocycles. The van der Waals surface area contributed by atoms with Crippen molar-refractivity contribution < 1.29 is 30.9 Å². The van der Waals surface area contributed by atoms with Crippen molar-refractivity contribution in [2.75, 3.05) is 5.32 Å². The molecule has 174 valence electrons. The molecule has 0 spiro atoms. The maximum absolute atomic E-state index is 13.3. The predicted molar refractivity (Wildman–Crippen MR) is 107 cm³/mol. The van der Waals surface area contributed by atoms with Crippen LogP contribution in [0.25, 0.3) is 10.5 Å². The largest absolute Gasteiger partial charge is 0.605 e. The van der Waals surface area contributed by atoms with Crippen LogP contribution in [0, 0.1) is 6.57 Å². The van der Waals surface area contributed by atoms with E-state index in [1.165, 1.54) is 18.6 Å². The van der Waals surface area contributed by atoms with Crippen molar-refractivity contribution in [2.45, 2.75) is 23.1 Å². The van der Waals surface area contributed by atoms with Gasteiger partial charge >= 0.3 is 17.5 Å². The van der Waals surface area contributed by atoms with Crippen molar-refractivity contribution in [2.24, 2.45) is 0 Å². The van der Waals surface area contributed by atoms with Gasteiger partial charge in [-0.2, -0.15) is 13.2 Å². The number of nitrogens with zero attached hydrogens (tertiary/aromatic N) is 5. The summed E-state index contributed by atoms with van der Waals surface area (Å²) < 4.78 is 91.8. The van der Waals surface area contributed by atoms with E-state index < -0.39 is 60.7 Å². The van der Waals surface area contributed by atoms with Crippen molar-refractivity contribution >= 4 is 46.0 Å². The molecule has 7 nitrogen and oxygen atoms in total. The van der Waals surface area contributed by atoms with Crippen LogP contribution in [0.5, 0.6) is 0 Å². The van der Waals surface area contributed by atoms with Gasteiger partial charge in [0, 0.05) is 12.4 Å². The minimum Gasteiger partial charge on any atom is -0.605 e. The summed E-state index contributed by atoms with van der Waals surface area (Å²) in [4.78, 5) is 9.55. The van der Waals surface area contributed by atoms with Gasteiger partial charge in [-0.15, -0.1) is 17.9 Å². The number of alkyl halides is 6. The fraction of sp³-hybridized carbons (Fsp3) is 0.176. The Hall–Kier alpha value is -2.73. The van der Waals surface area contributed by atoms with E-state index in [4.69, 9.17) is 29.8 Å². The second-order valence-electron chi connectivity index (χ2n) is 6.08. The van der Waals surface area contributed by atoms with Crippen molar-refractivity contribution in [3.05, 3.63) is 63.4 Å². The number of nitrogens with one attached hydrogen (secondary N) is 1. The number of aromatic nitrogens is 4. The molecule has 3 rings (SSSR count). The van der Waals surface area contributed by atoms with Crippen LogP contribution in [0.15, 0.2) is 35.6 Å². The molecule has 0 aliphatic carbocycles. The Kier molecular flexibility index (Phi) is 6.99. The quantitative estimate of drug-likeness (QED) is 0.258. The molecule has 2 aromatic heterocycles. The molecule has 0 radical (unpaired) electrons. The van der Waals surface area contributed by atoms with Gasteiger partial charge < -0.3 is 14.7 Å². The zero-order chi connectivity index (χ0) is 24.6. The molecule has 33 heavy (non-hydrogen) atoms. The molecule has 0 fully saturated rings. The van der Waals surface area contributed by atoms with Gasteiger partial charge in [0.2, 0.25) is 4.90 Å². The number of hydrogen-bond acceptors (Lipinski definition) is 5. The van der Waals surface area contributed by atoms with E-state index >= 15 is 0 Å². The van der Waals surface area contributed by atoms with Crippen LogP contribution in [0.2, 0.25) is 10.0 Å². The Morgan fingerprint density at radius 2 is 1.76 bits per heavy atom. The zero-order valence-electron chi connectivity index (χ0n) is 15.7. The lowest BCUT2D eigenvalue weighted by atomic mass is 10.2. The summed E-state index contributed by atoms with van der Waals surface area (Å²) in [6, 6.07) is 0.990. The highest BCUT2D eigenvalue weighted by Gasteiger charge is 2.51. The summed E-state index contributed by atoms with van der Waals surface area (Å²) in [5.41, 5.74) is -6.71. The standard InChI is InChI=1S/C17H8Cl2F6N6OS/c1-26-14-13(33(32)17(23,24)25)15(29-7-9-6-27-2-3-28-9)31(30-14)12-10(18)4-8(5-11(12)19)16(20,21)22/h2-6,29H,7H2. The van der Waals surface area contributed by atoms with Crippen LogP contribution in [-0.2, 0) is 23.9 Å². The minimum absolute atomic E-state index is 0.239. The SMILES string of the molecule is [C-]#[N+]c1nn(-c2c(Cl)cc(C(F)(F)F)cc2Cl)c(NCc2cnccn2)c1[S+]([O-])C(F)(F)F. The highest BCUT2D eigenvalue weighted by Crippen LogP contribution is 2.44. The van der Waals surface area contributed by atoms with Gasteiger partial charge in [-0.1, -0.05) is 29.8 Å². The van der Waals surface area contributed by atoms with Gasteiger partial charge in [0.05, 0.1) is 45.2 Å². The number of rotatable bonds is 5. The summed E-state index contributed by atoms with van der Waals surface area (Å²) in [5, 5.41) is 4.96. The van der Waals surface area contributed by atoms with E-state index in [0.29, 0.717) is 16.8 Å². The second kappa shape index (κ2) is 9.26. The third-order valence-corrected chi connectivity index (χ3v) is 5.68. The van der Waals surface area contributed by atoms with Gasteiger partial charge in [0.15, 0.2) is 5.82 Å². The molecular formula is C17H8Cl2F6N6OS. The molecule has 3 aromatic rings. The third-order valence-electron chi connectivity index (χ3n) is 3.94. The molecule has 0 saturated heterocycles. The second-order valence-corrected chi connectivity index (χ2v) is 8.30. The van der Waals surface area contributed by atoms with Crippen molar-refractivity contribution in [1.82, 2.24) is 19.7 Å². The number of anilines is 1. The molecule has 2 heterocycles. The fourth-order valence-corrected chi connectivity index (χ4v) is 4.06. The first-order valence-corrected chi connectivity index (χ1v) is 10.3. The monoisotopic (exact) mass is 528 g/mol. The van der Waals surface area contributed by atoms with E-state index in [0.717, 1.165) is 0 Å². The molecule has 0 bridgehead atoms. The first-order valence-electron chi connectivity index (χ1n) is 8.39. The highest BCUT2D eigenvalue weighted by molar-refractivity contribution is 7.92. The summed E-state index contributed by atoms with van der Waals surface area (Å²) in [7, 11) is 0. The van der Waals surface area contributed by atoms with Crippen LogP contribution < -0.4 is 5.32 Å².